The Morgan fingerprint density at radius 1 is 1.28 bits per heavy atom. The molecule has 3 rings (SSSR count). The number of pyridine rings is 1. The van der Waals surface area contributed by atoms with Gasteiger partial charge in [0.1, 0.15) is 0 Å². The number of hydrogen-bond donors (Lipinski definition) is 3. The molecule has 0 radical (unpaired) electrons. The van der Waals surface area contributed by atoms with E-state index >= 15 is 0 Å². The Kier molecular flexibility index (Phi) is 5.34. The first-order valence-electron chi connectivity index (χ1n) is 7.36. The molecule has 0 saturated carbocycles. The number of carbonyl (C=O) groups is 2. The van der Waals surface area contributed by atoms with Crippen molar-refractivity contribution >= 4 is 56.5 Å². The van der Waals surface area contributed by atoms with Crippen LogP contribution in [0.15, 0.2) is 52.2 Å². The second-order valence-corrected chi connectivity index (χ2v) is 7.38. The number of benzene rings is 1. The summed E-state index contributed by atoms with van der Waals surface area (Å²) in [6.07, 6.45) is 1.65. The van der Waals surface area contributed by atoms with Crippen LogP contribution in [0.1, 0.15) is 6.92 Å². The fraction of sp³-hybridized carbons (Fsp3) is 0.125. The van der Waals surface area contributed by atoms with E-state index in [1.165, 1.54) is 11.8 Å². The van der Waals surface area contributed by atoms with Crippen LogP contribution in [0.2, 0.25) is 0 Å². The van der Waals surface area contributed by atoms with E-state index in [-0.39, 0.29) is 0 Å². The molecule has 0 spiro atoms. The first kappa shape index (κ1) is 17.4. The summed E-state index contributed by atoms with van der Waals surface area (Å²) in [6.45, 7) is 1.70. The van der Waals surface area contributed by atoms with Crippen molar-refractivity contribution in [2.45, 2.75) is 17.3 Å². The largest absolute Gasteiger partial charge is 0.331 e. The highest BCUT2D eigenvalue weighted by molar-refractivity contribution is 9.10. The standard InChI is InChI=1S/C16H14BrN5O2S/c1-9(14(23)22-15(24)19-11-5-3-2-4-6-11)25-16-20-12-7-10(17)8-18-13(12)21-16/h2-9H,1H3,(H,18,20,21)(H2,19,22,23,24)/t9-/m1/s1. The third-order valence-electron chi connectivity index (χ3n) is 3.21. The van der Waals surface area contributed by atoms with E-state index in [4.69, 9.17) is 0 Å². The SMILES string of the molecule is C[C@@H](Sc1nc2ncc(Br)cc2[nH]1)C(=O)NC(=O)Nc1ccccc1. The number of aromatic nitrogens is 3. The van der Waals surface area contributed by atoms with E-state index in [0.29, 0.717) is 16.5 Å². The molecule has 2 aromatic heterocycles. The van der Waals surface area contributed by atoms with E-state index in [2.05, 4.69) is 41.5 Å². The van der Waals surface area contributed by atoms with Gasteiger partial charge in [-0.15, -0.1) is 0 Å². The number of nitrogens with zero attached hydrogens (tertiary/aromatic N) is 2. The number of imidazole rings is 1. The van der Waals surface area contributed by atoms with Gasteiger partial charge in [0, 0.05) is 16.4 Å². The van der Waals surface area contributed by atoms with E-state index in [9.17, 15) is 9.59 Å². The molecule has 0 aliphatic carbocycles. The van der Waals surface area contributed by atoms with Crippen molar-refractivity contribution in [2.24, 2.45) is 0 Å². The summed E-state index contributed by atoms with van der Waals surface area (Å²) in [5.41, 5.74) is 1.95. The number of thioether (sulfide) groups is 1. The summed E-state index contributed by atoms with van der Waals surface area (Å²) in [7, 11) is 0. The Morgan fingerprint density at radius 3 is 2.80 bits per heavy atom. The number of urea groups is 1. The van der Waals surface area contributed by atoms with E-state index in [1.807, 2.05) is 12.1 Å². The highest BCUT2D eigenvalue weighted by Gasteiger charge is 2.19. The Labute approximate surface area is 156 Å². The lowest BCUT2D eigenvalue weighted by atomic mass is 10.3. The molecule has 0 saturated heterocycles. The quantitative estimate of drug-likeness (QED) is 0.561. The summed E-state index contributed by atoms with van der Waals surface area (Å²) in [4.78, 5) is 35.6. The molecule has 0 bridgehead atoms. The summed E-state index contributed by atoms with van der Waals surface area (Å²) >= 11 is 4.56. The highest BCUT2D eigenvalue weighted by Crippen LogP contribution is 2.24. The molecule has 0 aliphatic rings. The normalized spacial score (nSPS) is 11.9. The maximum atomic E-state index is 12.2. The van der Waals surface area contributed by atoms with E-state index in [1.54, 1.807) is 37.4 Å². The lowest BCUT2D eigenvalue weighted by molar-refractivity contribution is -0.119. The van der Waals surface area contributed by atoms with Gasteiger partial charge in [0.25, 0.3) is 0 Å². The lowest BCUT2D eigenvalue weighted by Gasteiger charge is -2.10. The number of aromatic amines is 1. The molecule has 0 aliphatic heterocycles. The number of amides is 3. The zero-order valence-electron chi connectivity index (χ0n) is 13.1. The number of anilines is 1. The van der Waals surface area contributed by atoms with Crippen LogP contribution in [-0.2, 0) is 4.79 Å². The topological polar surface area (TPSA) is 99.8 Å². The number of halogens is 1. The van der Waals surface area contributed by atoms with Gasteiger partial charge < -0.3 is 10.3 Å². The third kappa shape index (κ3) is 4.58. The molecular formula is C16H14BrN5O2S. The van der Waals surface area contributed by atoms with Gasteiger partial charge in [-0.3, -0.25) is 10.1 Å². The number of hydrogen-bond acceptors (Lipinski definition) is 5. The van der Waals surface area contributed by atoms with Crippen molar-refractivity contribution in [3.05, 3.63) is 47.1 Å². The Morgan fingerprint density at radius 2 is 2.04 bits per heavy atom. The number of nitrogens with one attached hydrogen (secondary N) is 3. The molecule has 128 valence electrons. The maximum absolute atomic E-state index is 12.2. The van der Waals surface area contributed by atoms with Crippen molar-refractivity contribution in [1.29, 1.82) is 0 Å². The minimum atomic E-state index is -0.571. The summed E-state index contributed by atoms with van der Waals surface area (Å²) in [6, 6.07) is 10.2. The number of imide groups is 1. The lowest BCUT2D eigenvalue weighted by Crippen LogP contribution is -2.38. The molecule has 7 nitrogen and oxygen atoms in total. The Hall–Kier alpha value is -2.39. The van der Waals surface area contributed by atoms with Crippen LogP contribution in [-0.4, -0.2) is 32.1 Å². The number of para-hydroxylation sites is 1. The first-order chi connectivity index (χ1) is 12.0. The molecule has 0 fully saturated rings. The smallest absolute Gasteiger partial charge is 0.325 e. The molecule has 3 N–H and O–H groups in total. The second-order valence-electron chi connectivity index (χ2n) is 5.14. The number of fused-ring (bicyclic) bond motifs is 1. The Balaban J connectivity index is 1.58. The average molecular weight is 420 g/mol. The maximum Gasteiger partial charge on any atom is 0.325 e. The average Bonchev–Trinajstić information content (AvgIpc) is 2.96. The zero-order chi connectivity index (χ0) is 17.8. The molecule has 1 atom stereocenters. The first-order valence-corrected chi connectivity index (χ1v) is 9.03. The minimum absolute atomic E-state index is 0.409. The zero-order valence-corrected chi connectivity index (χ0v) is 15.5. The predicted molar refractivity (Wildman–Crippen MR) is 101 cm³/mol. The van der Waals surface area contributed by atoms with Gasteiger partial charge in [-0.1, -0.05) is 30.0 Å². The van der Waals surface area contributed by atoms with Crippen molar-refractivity contribution in [2.75, 3.05) is 5.32 Å². The van der Waals surface area contributed by atoms with Crippen molar-refractivity contribution < 1.29 is 9.59 Å². The van der Waals surface area contributed by atoms with Gasteiger partial charge in [0.15, 0.2) is 10.8 Å². The number of rotatable bonds is 4. The fourth-order valence-corrected chi connectivity index (χ4v) is 3.17. The molecule has 0 unspecified atom stereocenters. The minimum Gasteiger partial charge on any atom is -0.331 e. The van der Waals surface area contributed by atoms with Crippen LogP contribution >= 0.6 is 27.7 Å². The van der Waals surface area contributed by atoms with Crippen molar-refractivity contribution in [3.8, 4) is 0 Å². The monoisotopic (exact) mass is 419 g/mol. The van der Waals surface area contributed by atoms with Crippen LogP contribution in [0.4, 0.5) is 10.5 Å². The number of carbonyl (C=O) groups excluding carboxylic acids is 2. The molecule has 2 heterocycles. The van der Waals surface area contributed by atoms with E-state index < -0.39 is 17.2 Å². The molecule has 9 heteroatoms. The van der Waals surface area contributed by atoms with Crippen LogP contribution in [0.3, 0.4) is 0 Å². The van der Waals surface area contributed by atoms with Gasteiger partial charge in [-0.25, -0.2) is 14.8 Å². The fourth-order valence-electron chi connectivity index (χ4n) is 2.03. The van der Waals surface area contributed by atoms with Crippen molar-refractivity contribution in [1.82, 2.24) is 20.3 Å². The molecule has 3 amide bonds. The van der Waals surface area contributed by atoms with Crippen LogP contribution in [0.5, 0.6) is 0 Å². The highest BCUT2D eigenvalue weighted by atomic mass is 79.9. The van der Waals surface area contributed by atoms with Gasteiger partial charge in [-0.05, 0) is 41.1 Å². The van der Waals surface area contributed by atoms with Crippen LogP contribution < -0.4 is 10.6 Å². The number of H-pyrrole nitrogens is 1. The summed E-state index contributed by atoms with van der Waals surface area (Å²) in [5, 5.41) is 4.97. The molecule has 25 heavy (non-hydrogen) atoms. The Bertz CT molecular complexity index is 915. The molecular weight excluding hydrogens is 406 g/mol. The molecule has 3 aromatic rings. The molecule has 1 aromatic carbocycles. The van der Waals surface area contributed by atoms with Crippen molar-refractivity contribution in [3.63, 3.8) is 0 Å². The second kappa shape index (κ2) is 7.66. The summed E-state index contributed by atoms with van der Waals surface area (Å²) < 4.78 is 0.837. The predicted octanol–water partition coefficient (Wildman–Crippen LogP) is 3.55. The van der Waals surface area contributed by atoms with Gasteiger partial charge >= 0.3 is 6.03 Å². The van der Waals surface area contributed by atoms with Gasteiger partial charge in [-0.2, -0.15) is 0 Å². The third-order valence-corrected chi connectivity index (χ3v) is 4.63. The summed E-state index contributed by atoms with van der Waals surface area (Å²) in [5.74, 6) is -0.409. The van der Waals surface area contributed by atoms with Crippen LogP contribution in [0, 0.1) is 0 Å². The van der Waals surface area contributed by atoms with Crippen LogP contribution in [0.25, 0.3) is 11.2 Å². The van der Waals surface area contributed by atoms with Gasteiger partial charge in [0.05, 0.1) is 10.8 Å². The van der Waals surface area contributed by atoms with E-state index in [0.717, 1.165) is 9.99 Å². The van der Waals surface area contributed by atoms with Gasteiger partial charge in [0.2, 0.25) is 5.91 Å².